The second-order valence-electron chi connectivity index (χ2n) is 8.07. The van der Waals surface area contributed by atoms with Crippen molar-refractivity contribution < 1.29 is 9.59 Å². The highest BCUT2D eigenvalue weighted by molar-refractivity contribution is 6.29. The Morgan fingerprint density at radius 1 is 0.786 bits per heavy atom. The Morgan fingerprint density at radius 3 is 1.86 bits per heavy atom. The van der Waals surface area contributed by atoms with E-state index in [2.05, 4.69) is 19.6 Å². The fourth-order valence-electron chi connectivity index (χ4n) is 4.17. The SMILES string of the molecule is C=CCC1(C/C=C/CCCCCCCCCCC)C(=O)c2ccccc2C1=O. The number of benzene rings is 1. The number of Topliss-reactive ketones (excluding diaryl/α,β-unsaturated/α-hetero) is 2. The van der Waals surface area contributed by atoms with Crippen LogP contribution < -0.4 is 0 Å². The molecule has 1 aromatic rings. The molecule has 0 saturated carbocycles. The summed E-state index contributed by atoms with van der Waals surface area (Å²) in [6, 6.07) is 7.19. The maximum absolute atomic E-state index is 12.9. The summed E-state index contributed by atoms with van der Waals surface area (Å²) >= 11 is 0. The van der Waals surface area contributed by atoms with E-state index in [1.165, 1.54) is 57.8 Å². The lowest BCUT2D eigenvalue weighted by atomic mass is 9.76. The number of carbonyl (C=O) groups is 2. The maximum atomic E-state index is 12.9. The van der Waals surface area contributed by atoms with Gasteiger partial charge in [0.2, 0.25) is 0 Å². The first-order valence-corrected chi connectivity index (χ1v) is 11.1. The highest BCUT2D eigenvalue weighted by Crippen LogP contribution is 2.42. The van der Waals surface area contributed by atoms with E-state index in [1.807, 2.05) is 18.2 Å². The number of ketones is 2. The van der Waals surface area contributed by atoms with Crippen LogP contribution in [0.1, 0.15) is 105 Å². The van der Waals surface area contributed by atoms with Crippen LogP contribution in [0.2, 0.25) is 0 Å². The second kappa shape index (κ2) is 11.8. The molecule has 2 heteroatoms. The topological polar surface area (TPSA) is 34.1 Å². The smallest absolute Gasteiger partial charge is 0.178 e. The van der Waals surface area contributed by atoms with Crippen LogP contribution in [-0.2, 0) is 0 Å². The average Bonchev–Trinajstić information content (AvgIpc) is 2.92. The highest BCUT2D eigenvalue weighted by Gasteiger charge is 2.50. The fraction of sp³-hybridized carbons (Fsp3) is 0.538. The maximum Gasteiger partial charge on any atom is 0.178 e. The van der Waals surface area contributed by atoms with Crippen molar-refractivity contribution in [1.82, 2.24) is 0 Å². The zero-order chi connectivity index (χ0) is 20.2. The van der Waals surface area contributed by atoms with Gasteiger partial charge in [-0.05, 0) is 25.7 Å². The van der Waals surface area contributed by atoms with Gasteiger partial charge in [0.1, 0.15) is 5.41 Å². The molecule has 1 aliphatic carbocycles. The number of allylic oxidation sites excluding steroid dienone is 3. The third-order valence-corrected chi connectivity index (χ3v) is 5.89. The van der Waals surface area contributed by atoms with E-state index < -0.39 is 5.41 Å². The first kappa shape index (κ1) is 22.3. The van der Waals surface area contributed by atoms with Gasteiger partial charge in [0.25, 0.3) is 0 Å². The van der Waals surface area contributed by atoms with Crippen LogP contribution in [0.25, 0.3) is 0 Å². The van der Waals surface area contributed by atoms with Crippen molar-refractivity contribution in [3.05, 3.63) is 60.2 Å². The molecule has 0 saturated heterocycles. The van der Waals surface area contributed by atoms with E-state index in [0.717, 1.165) is 6.42 Å². The van der Waals surface area contributed by atoms with Crippen LogP contribution in [0.15, 0.2) is 49.1 Å². The lowest BCUT2D eigenvalue weighted by Gasteiger charge is -2.22. The Balaban J connectivity index is 1.75. The van der Waals surface area contributed by atoms with Gasteiger partial charge in [-0.25, -0.2) is 0 Å². The standard InChI is InChI=1S/C26H36O2/c1-3-5-6-7-8-9-10-11-12-13-14-17-21-26(20-4-2)24(27)22-18-15-16-19-23(22)25(26)28/h4,14-19H,2-3,5-13,20-21H2,1H3/b17-14+. The van der Waals surface area contributed by atoms with E-state index in [9.17, 15) is 9.59 Å². The Labute approximate surface area is 171 Å². The molecule has 0 aliphatic heterocycles. The number of rotatable bonds is 14. The number of carbonyl (C=O) groups excluding carboxylic acids is 2. The van der Waals surface area contributed by atoms with Crippen molar-refractivity contribution in [2.75, 3.05) is 0 Å². The molecule has 0 spiro atoms. The Hall–Kier alpha value is -1.96. The monoisotopic (exact) mass is 380 g/mol. The zero-order valence-electron chi connectivity index (χ0n) is 17.6. The van der Waals surface area contributed by atoms with Crippen molar-refractivity contribution in [1.29, 1.82) is 0 Å². The molecule has 1 aliphatic rings. The third kappa shape index (κ3) is 5.53. The zero-order valence-corrected chi connectivity index (χ0v) is 17.6. The molecule has 152 valence electrons. The summed E-state index contributed by atoms with van der Waals surface area (Å²) < 4.78 is 0. The normalized spacial score (nSPS) is 15.3. The molecule has 0 unspecified atom stereocenters. The lowest BCUT2D eigenvalue weighted by molar-refractivity contribution is 0.0703. The molecule has 0 fully saturated rings. The van der Waals surface area contributed by atoms with Gasteiger partial charge < -0.3 is 0 Å². The first-order valence-electron chi connectivity index (χ1n) is 11.1. The molecule has 2 rings (SSSR count). The molecule has 0 amide bonds. The van der Waals surface area contributed by atoms with E-state index in [0.29, 0.717) is 24.0 Å². The van der Waals surface area contributed by atoms with Crippen molar-refractivity contribution >= 4 is 11.6 Å². The quantitative estimate of drug-likeness (QED) is 0.190. The molecule has 28 heavy (non-hydrogen) atoms. The molecule has 0 bridgehead atoms. The summed E-state index contributed by atoms with van der Waals surface area (Å²) in [5, 5.41) is 0. The molecular formula is C26H36O2. The fourth-order valence-corrected chi connectivity index (χ4v) is 4.17. The molecule has 0 heterocycles. The van der Waals surface area contributed by atoms with Gasteiger partial charge >= 0.3 is 0 Å². The van der Waals surface area contributed by atoms with E-state index in [4.69, 9.17) is 0 Å². The van der Waals surface area contributed by atoms with E-state index >= 15 is 0 Å². The van der Waals surface area contributed by atoms with Crippen LogP contribution in [-0.4, -0.2) is 11.6 Å². The van der Waals surface area contributed by atoms with E-state index in [-0.39, 0.29) is 11.6 Å². The third-order valence-electron chi connectivity index (χ3n) is 5.89. The van der Waals surface area contributed by atoms with Gasteiger partial charge in [-0.3, -0.25) is 9.59 Å². The Morgan fingerprint density at radius 2 is 1.32 bits per heavy atom. The minimum atomic E-state index is -0.972. The average molecular weight is 381 g/mol. The van der Waals surface area contributed by atoms with Crippen LogP contribution in [0.4, 0.5) is 0 Å². The van der Waals surface area contributed by atoms with Crippen molar-refractivity contribution in [2.45, 2.75) is 84.0 Å². The molecule has 1 aromatic carbocycles. The number of hydrogen-bond acceptors (Lipinski definition) is 2. The summed E-state index contributed by atoms with van der Waals surface area (Å²) in [6.45, 7) is 6.04. The lowest BCUT2D eigenvalue weighted by Crippen LogP contribution is -2.32. The predicted octanol–water partition coefficient (Wildman–Crippen LogP) is 7.50. The Kier molecular flexibility index (Phi) is 9.40. The minimum absolute atomic E-state index is 0.0410. The van der Waals surface area contributed by atoms with Gasteiger partial charge in [0.05, 0.1) is 0 Å². The van der Waals surface area contributed by atoms with E-state index in [1.54, 1.807) is 18.2 Å². The molecule has 0 aromatic heterocycles. The molecule has 0 radical (unpaired) electrons. The van der Waals surface area contributed by atoms with Gasteiger partial charge in [-0.1, -0.05) is 101 Å². The first-order chi connectivity index (χ1) is 13.7. The summed E-state index contributed by atoms with van der Waals surface area (Å²) in [7, 11) is 0. The summed E-state index contributed by atoms with van der Waals surface area (Å²) in [5.41, 5.74) is 0.170. The van der Waals surface area contributed by atoms with Crippen molar-refractivity contribution in [3.8, 4) is 0 Å². The minimum Gasteiger partial charge on any atom is -0.293 e. The van der Waals surface area contributed by atoms with Gasteiger partial charge in [-0.2, -0.15) is 0 Å². The summed E-state index contributed by atoms with van der Waals surface area (Å²) in [4.78, 5) is 25.9. The largest absolute Gasteiger partial charge is 0.293 e. The molecular weight excluding hydrogens is 344 g/mol. The summed E-state index contributed by atoms with van der Waals surface area (Å²) in [6.07, 6.45) is 19.7. The number of fused-ring (bicyclic) bond motifs is 1. The number of unbranched alkanes of at least 4 members (excludes halogenated alkanes) is 9. The van der Waals surface area contributed by atoms with Crippen LogP contribution in [0, 0.1) is 5.41 Å². The molecule has 0 atom stereocenters. The van der Waals surface area contributed by atoms with Crippen molar-refractivity contribution in [2.24, 2.45) is 5.41 Å². The molecule has 0 N–H and O–H groups in total. The number of hydrogen-bond donors (Lipinski definition) is 0. The van der Waals surface area contributed by atoms with Crippen LogP contribution in [0.5, 0.6) is 0 Å². The predicted molar refractivity (Wildman–Crippen MR) is 118 cm³/mol. The van der Waals surface area contributed by atoms with Gasteiger partial charge in [-0.15, -0.1) is 6.58 Å². The highest BCUT2D eigenvalue weighted by atomic mass is 16.2. The second-order valence-corrected chi connectivity index (χ2v) is 8.07. The van der Waals surface area contributed by atoms with Gasteiger partial charge in [0.15, 0.2) is 11.6 Å². The van der Waals surface area contributed by atoms with Crippen LogP contribution in [0.3, 0.4) is 0 Å². The van der Waals surface area contributed by atoms with Crippen molar-refractivity contribution in [3.63, 3.8) is 0 Å². The van der Waals surface area contributed by atoms with Crippen LogP contribution >= 0.6 is 0 Å². The Bertz CT molecular complexity index is 648. The molecule has 2 nitrogen and oxygen atoms in total. The van der Waals surface area contributed by atoms with Gasteiger partial charge in [0, 0.05) is 11.1 Å². The summed E-state index contributed by atoms with van der Waals surface area (Å²) in [5.74, 6) is -0.0820.